The van der Waals surface area contributed by atoms with Gasteiger partial charge in [-0.05, 0) is 32.4 Å². The Kier molecular flexibility index (Phi) is 5.46. The lowest BCUT2D eigenvalue weighted by molar-refractivity contribution is -0.134. The number of aryl methyl sites for hydroxylation is 2. The highest BCUT2D eigenvalue weighted by molar-refractivity contribution is 7.15. The van der Waals surface area contributed by atoms with E-state index in [4.69, 9.17) is 4.74 Å². The lowest BCUT2D eigenvalue weighted by Gasteiger charge is -2.32. The van der Waals surface area contributed by atoms with E-state index in [1.165, 1.54) is 11.3 Å². The summed E-state index contributed by atoms with van der Waals surface area (Å²) in [5, 5.41) is 6.24. The zero-order chi connectivity index (χ0) is 21.3. The molecule has 0 bridgehead atoms. The Balaban J connectivity index is 1.44. The first-order valence-electron chi connectivity index (χ1n) is 9.93. The SMILES string of the molecule is Cc1nc(NC(=O)CN2CCC3(CCC2=O)CNC(=O)c2ccccc2O3)sc1C. The molecule has 3 amide bonds. The number of nitrogens with zero attached hydrogens (tertiary/aromatic N) is 2. The Morgan fingerprint density at radius 2 is 2.10 bits per heavy atom. The third kappa shape index (κ3) is 4.16. The number of rotatable bonds is 3. The normalized spacial score (nSPS) is 21.3. The van der Waals surface area contributed by atoms with Gasteiger partial charge in [0.2, 0.25) is 11.8 Å². The van der Waals surface area contributed by atoms with E-state index in [2.05, 4.69) is 15.6 Å². The van der Waals surface area contributed by atoms with Gasteiger partial charge in [0.1, 0.15) is 11.4 Å². The van der Waals surface area contributed by atoms with Gasteiger partial charge in [0.25, 0.3) is 5.91 Å². The second-order valence-electron chi connectivity index (χ2n) is 7.74. The lowest BCUT2D eigenvalue weighted by atomic mass is 9.94. The van der Waals surface area contributed by atoms with Crippen LogP contribution in [0.25, 0.3) is 0 Å². The van der Waals surface area contributed by atoms with Gasteiger partial charge in [0, 0.05) is 24.3 Å². The Morgan fingerprint density at radius 1 is 1.30 bits per heavy atom. The van der Waals surface area contributed by atoms with Gasteiger partial charge in [-0.15, -0.1) is 11.3 Å². The van der Waals surface area contributed by atoms with Crippen LogP contribution in [0.15, 0.2) is 24.3 Å². The summed E-state index contributed by atoms with van der Waals surface area (Å²) in [5.74, 6) is -0.0153. The van der Waals surface area contributed by atoms with Crippen molar-refractivity contribution in [3.63, 3.8) is 0 Å². The zero-order valence-corrected chi connectivity index (χ0v) is 17.8. The number of thiazole rings is 1. The summed E-state index contributed by atoms with van der Waals surface area (Å²) in [6.07, 6.45) is 1.25. The summed E-state index contributed by atoms with van der Waals surface area (Å²) < 4.78 is 6.28. The molecule has 1 aromatic carbocycles. The third-order valence-corrected chi connectivity index (χ3v) is 6.61. The number of likely N-dealkylation sites (tertiary alicyclic amines) is 1. The fraction of sp³-hybridized carbons (Fsp3) is 0.429. The Hall–Kier alpha value is -2.94. The first-order valence-corrected chi connectivity index (χ1v) is 10.7. The number of hydrogen-bond donors (Lipinski definition) is 2. The minimum absolute atomic E-state index is 0.0322. The van der Waals surface area contributed by atoms with Crippen molar-refractivity contribution >= 4 is 34.2 Å². The van der Waals surface area contributed by atoms with Crippen LogP contribution in [0.5, 0.6) is 5.75 Å². The summed E-state index contributed by atoms with van der Waals surface area (Å²) >= 11 is 1.42. The van der Waals surface area contributed by atoms with Crippen molar-refractivity contribution in [3.05, 3.63) is 40.4 Å². The molecule has 2 N–H and O–H groups in total. The molecule has 3 heterocycles. The van der Waals surface area contributed by atoms with Crippen LogP contribution in [0.4, 0.5) is 5.13 Å². The highest BCUT2D eigenvalue weighted by Gasteiger charge is 2.40. The number of carbonyl (C=O) groups is 3. The Morgan fingerprint density at radius 3 is 2.87 bits per heavy atom. The minimum atomic E-state index is -0.674. The maximum Gasteiger partial charge on any atom is 0.255 e. The van der Waals surface area contributed by atoms with Crippen LogP contribution in [0, 0.1) is 13.8 Å². The highest BCUT2D eigenvalue weighted by Crippen LogP contribution is 2.33. The van der Waals surface area contributed by atoms with Crippen LogP contribution in [0.1, 0.15) is 40.2 Å². The number of anilines is 1. The van der Waals surface area contributed by atoms with Crippen molar-refractivity contribution in [2.24, 2.45) is 0 Å². The molecule has 2 aliphatic rings. The lowest BCUT2D eigenvalue weighted by Crippen LogP contribution is -2.46. The second-order valence-corrected chi connectivity index (χ2v) is 8.94. The van der Waals surface area contributed by atoms with Crippen molar-refractivity contribution < 1.29 is 19.1 Å². The van der Waals surface area contributed by atoms with Crippen molar-refractivity contribution in [2.75, 3.05) is 25.0 Å². The maximum atomic E-state index is 12.7. The molecule has 0 radical (unpaired) electrons. The first kappa shape index (κ1) is 20.3. The number of aromatic nitrogens is 1. The molecular formula is C21H24N4O4S. The number of nitrogens with one attached hydrogen (secondary N) is 2. The molecule has 0 aliphatic carbocycles. The topological polar surface area (TPSA) is 101 Å². The molecule has 30 heavy (non-hydrogen) atoms. The highest BCUT2D eigenvalue weighted by atomic mass is 32.1. The van der Waals surface area contributed by atoms with Crippen molar-refractivity contribution in [2.45, 2.75) is 38.7 Å². The fourth-order valence-electron chi connectivity index (χ4n) is 3.73. The van der Waals surface area contributed by atoms with Gasteiger partial charge in [0.05, 0.1) is 24.3 Å². The van der Waals surface area contributed by atoms with E-state index in [9.17, 15) is 14.4 Å². The third-order valence-electron chi connectivity index (χ3n) is 5.62. The van der Waals surface area contributed by atoms with Gasteiger partial charge in [-0.3, -0.25) is 14.4 Å². The molecule has 1 aromatic heterocycles. The summed E-state index contributed by atoms with van der Waals surface area (Å²) in [6.45, 7) is 4.51. The van der Waals surface area contributed by atoms with Crippen molar-refractivity contribution in [3.8, 4) is 5.75 Å². The number of para-hydroxylation sites is 1. The van der Waals surface area contributed by atoms with E-state index in [0.29, 0.717) is 42.4 Å². The maximum absolute atomic E-state index is 12.7. The number of hydrogen-bond acceptors (Lipinski definition) is 6. The number of carbonyl (C=O) groups excluding carboxylic acids is 3. The standard InChI is InChI=1S/C21H24N4O4S/c1-13-14(2)30-20(23-13)24-17(26)11-25-10-9-21(8-7-18(25)27)12-22-19(28)15-5-3-4-6-16(15)29-21/h3-6H,7-12H2,1-2H3,(H,22,28)(H,23,24,26). The molecule has 9 heteroatoms. The van der Waals surface area contributed by atoms with Crippen LogP contribution < -0.4 is 15.4 Å². The summed E-state index contributed by atoms with van der Waals surface area (Å²) in [6, 6.07) is 7.12. The molecule has 1 fully saturated rings. The zero-order valence-electron chi connectivity index (χ0n) is 17.0. The molecule has 8 nitrogen and oxygen atoms in total. The summed E-state index contributed by atoms with van der Waals surface area (Å²) in [4.78, 5) is 44.4. The average Bonchev–Trinajstić information content (AvgIpc) is 2.87. The molecular weight excluding hydrogens is 404 g/mol. The van der Waals surface area contributed by atoms with Crippen molar-refractivity contribution in [1.82, 2.24) is 15.2 Å². The van der Waals surface area contributed by atoms with E-state index >= 15 is 0 Å². The minimum Gasteiger partial charge on any atom is -0.485 e. The molecule has 4 rings (SSSR count). The van der Waals surface area contributed by atoms with Crippen LogP contribution >= 0.6 is 11.3 Å². The van der Waals surface area contributed by atoms with E-state index in [-0.39, 0.29) is 30.7 Å². The van der Waals surface area contributed by atoms with Gasteiger partial charge >= 0.3 is 0 Å². The van der Waals surface area contributed by atoms with E-state index in [0.717, 1.165) is 10.6 Å². The Labute approximate surface area is 178 Å². The van der Waals surface area contributed by atoms with Gasteiger partial charge < -0.3 is 20.3 Å². The molecule has 158 valence electrons. The predicted molar refractivity (Wildman–Crippen MR) is 113 cm³/mol. The smallest absolute Gasteiger partial charge is 0.255 e. The van der Waals surface area contributed by atoms with Crippen LogP contribution in [-0.2, 0) is 9.59 Å². The quantitative estimate of drug-likeness (QED) is 0.781. The molecule has 1 saturated heterocycles. The van der Waals surface area contributed by atoms with Crippen LogP contribution in [-0.4, -0.2) is 52.8 Å². The molecule has 0 saturated carbocycles. The Bertz CT molecular complexity index is 985. The van der Waals surface area contributed by atoms with Crippen LogP contribution in [0.3, 0.4) is 0 Å². The van der Waals surface area contributed by atoms with Gasteiger partial charge in [-0.2, -0.15) is 0 Å². The second kappa shape index (κ2) is 8.06. The van der Waals surface area contributed by atoms with Gasteiger partial charge in [-0.1, -0.05) is 12.1 Å². The monoisotopic (exact) mass is 428 g/mol. The van der Waals surface area contributed by atoms with E-state index in [1.807, 2.05) is 19.9 Å². The fourth-order valence-corrected chi connectivity index (χ4v) is 4.57. The summed E-state index contributed by atoms with van der Waals surface area (Å²) in [7, 11) is 0. The first-order chi connectivity index (χ1) is 14.3. The number of fused-ring (bicyclic) bond motifs is 1. The van der Waals surface area contributed by atoms with E-state index < -0.39 is 5.60 Å². The van der Waals surface area contributed by atoms with Gasteiger partial charge in [-0.25, -0.2) is 4.98 Å². The van der Waals surface area contributed by atoms with Crippen molar-refractivity contribution in [1.29, 1.82) is 0 Å². The van der Waals surface area contributed by atoms with Crippen LogP contribution in [0.2, 0.25) is 0 Å². The predicted octanol–water partition coefficient (Wildman–Crippen LogP) is 2.27. The molecule has 1 atom stereocenters. The molecule has 2 aromatic rings. The largest absolute Gasteiger partial charge is 0.485 e. The molecule has 1 unspecified atom stereocenters. The van der Waals surface area contributed by atoms with E-state index in [1.54, 1.807) is 23.1 Å². The number of ether oxygens (including phenoxy) is 1. The van der Waals surface area contributed by atoms with Gasteiger partial charge in [0.15, 0.2) is 5.13 Å². The number of benzene rings is 1. The molecule has 1 spiro atoms. The summed E-state index contributed by atoms with van der Waals surface area (Å²) in [5.41, 5.74) is 0.707. The number of amides is 3. The average molecular weight is 429 g/mol. The molecule has 2 aliphatic heterocycles.